The van der Waals surface area contributed by atoms with Gasteiger partial charge in [-0.3, -0.25) is 0 Å². The van der Waals surface area contributed by atoms with E-state index in [9.17, 15) is 4.39 Å². The van der Waals surface area contributed by atoms with Crippen molar-refractivity contribution in [3.8, 4) is 0 Å². The highest BCUT2D eigenvalue weighted by Gasteiger charge is 2.39. The second kappa shape index (κ2) is 6.98. The summed E-state index contributed by atoms with van der Waals surface area (Å²) in [5.41, 5.74) is 5.81. The van der Waals surface area contributed by atoms with Crippen molar-refractivity contribution in [2.24, 2.45) is 5.73 Å². The zero-order chi connectivity index (χ0) is 14.9. The topological polar surface area (TPSA) is 64.9 Å². The Morgan fingerprint density at radius 2 is 2.05 bits per heavy atom. The van der Waals surface area contributed by atoms with Gasteiger partial charge in [0.25, 0.3) is 0 Å². The highest BCUT2D eigenvalue weighted by atomic mass is 35.5. The van der Waals surface area contributed by atoms with E-state index in [1.165, 1.54) is 12.1 Å². The van der Waals surface area contributed by atoms with Gasteiger partial charge in [0.1, 0.15) is 5.82 Å². The maximum Gasteiger partial charge on any atom is 0.230 e. The van der Waals surface area contributed by atoms with E-state index < -0.39 is 0 Å². The van der Waals surface area contributed by atoms with Crippen LogP contribution in [0.25, 0.3) is 0 Å². The van der Waals surface area contributed by atoms with Crippen molar-refractivity contribution in [1.29, 1.82) is 0 Å². The predicted octanol–water partition coefficient (Wildman–Crippen LogP) is 3.86. The highest BCUT2D eigenvalue weighted by molar-refractivity contribution is 7.99. The molecule has 4 nitrogen and oxygen atoms in total. The number of aromatic nitrogens is 2. The molecule has 7 heteroatoms. The molecule has 1 saturated carbocycles. The molecule has 1 unspecified atom stereocenters. The molecule has 0 aliphatic heterocycles. The van der Waals surface area contributed by atoms with E-state index >= 15 is 0 Å². The lowest BCUT2D eigenvalue weighted by Gasteiger charge is -2.34. The molecule has 0 bridgehead atoms. The van der Waals surface area contributed by atoms with E-state index in [-0.39, 0.29) is 29.7 Å². The first-order valence-corrected chi connectivity index (χ1v) is 8.07. The smallest absolute Gasteiger partial charge is 0.230 e. The molecule has 1 aliphatic carbocycles. The molecule has 0 saturated heterocycles. The average molecular weight is 344 g/mol. The summed E-state index contributed by atoms with van der Waals surface area (Å²) in [4.78, 5) is 5.48. The molecule has 1 aromatic heterocycles. The monoisotopic (exact) mass is 343 g/mol. The van der Waals surface area contributed by atoms with Crippen LogP contribution in [0.15, 0.2) is 33.7 Å². The van der Waals surface area contributed by atoms with E-state index in [4.69, 9.17) is 10.3 Å². The number of rotatable bonds is 5. The van der Waals surface area contributed by atoms with Crippen molar-refractivity contribution >= 4 is 24.2 Å². The van der Waals surface area contributed by atoms with Gasteiger partial charge < -0.3 is 10.3 Å². The number of hydrogen-bond donors (Lipinski definition) is 1. The summed E-state index contributed by atoms with van der Waals surface area (Å²) in [6.07, 6.45) is 2.96. The van der Waals surface area contributed by atoms with Gasteiger partial charge in [0.15, 0.2) is 5.82 Å². The van der Waals surface area contributed by atoms with Gasteiger partial charge >= 0.3 is 0 Å². The van der Waals surface area contributed by atoms with Gasteiger partial charge in [-0.1, -0.05) is 12.1 Å². The van der Waals surface area contributed by atoms with Gasteiger partial charge in [-0.05, 0) is 43.5 Å². The lowest BCUT2D eigenvalue weighted by atomic mass is 9.77. The van der Waals surface area contributed by atoms with Crippen molar-refractivity contribution in [1.82, 2.24) is 10.1 Å². The molecular formula is C15H19ClFN3OS. The summed E-state index contributed by atoms with van der Waals surface area (Å²) in [6.45, 7) is 2.04. The van der Waals surface area contributed by atoms with E-state index in [1.54, 1.807) is 23.9 Å². The van der Waals surface area contributed by atoms with Gasteiger partial charge in [0.05, 0.1) is 5.54 Å². The molecule has 1 aromatic carbocycles. The third-order valence-electron chi connectivity index (χ3n) is 3.87. The number of thioether (sulfide) groups is 1. The third-order valence-corrected chi connectivity index (χ3v) is 5.14. The number of benzene rings is 1. The first-order valence-electron chi connectivity index (χ1n) is 7.08. The Kier molecular flexibility index (Phi) is 5.47. The largest absolute Gasteiger partial charge is 0.339 e. The second-order valence-electron chi connectivity index (χ2n) is 5.63. The standard InChI is InChI=1S/C15H18FN3OS.ClH/c1-10(9-21-12-5-3-11(16)4-6-12)13-18-14(19-20-13)15(17)7-2-8-15;/h3-6,10H,2,7-9,17H2,1H3;1H. The number of hydrogen-bond acceptors (Lipinski definition) is 5. The van der Waals surface area contributed by atoms with E-state index in [0.29, 0.717) is 11.7 Å². The molecule has 1 fully saturated rings. The maximum absolute atomic E-state index is 12.8. The lowest BCUT2D eigenvalue weighted by Crippen LogP contribution is -2.44. The average Bonchev–Trinajstić information content (AvgIpc) is 2.94. The zero-order valence-electron chi connectivity index (χ0n) is 12.3. The van der Waals surface area contributed by atoms with E-state index in [2.05, 4.69) is 10.1 Å². The summed E-state index contributed by atoms with van der Waals surface area (Å²) in [6, 6.07) is 6.48. The van der Waals surface area contributed by atoms with E-state index in [0.717, 1.165) is 29.9 Å². The Bertz CT molecular complexity index is 616. The van der Waals surface area contributed by atoms with Crippen molar-refractivity contribution in [3.05, 3.63) is 41.8 Å². The molecule has 0 amide bonds. The summed E-state index contributed by atoms with van der Waals surface area (Å²) in [5.74, 6) is 1.96. The van der Waals surface area contributed by atoms with Crippen LogP contribution >= 0.6 is 24.2 Å². The molecular weight excluding hydrogens is 325 g/mol. The first-order chi connectivity index (χ1) is 10.1. The van der Waals surface area contributed by atoms with Gasteiger partial charge in [-0.15, -0.1) is 24.2 Å². The van der Waals surface area contributed by atoms with Crippen LogP contribution in [-0.4, -0.2) is 15.9 Å². The van der Waals surface area contributed by atoms with Crippen molar-refractivity contribution < 1.29 is 8.91 Å². The molecule has 3 rings (SSSR count). The van der Waals surface area contributed by atoms with Gasteiger partial charge in [0.2, 0.25) is 5.89 Å². The summed E-state index contributed by atoms with van der Waals surface area (Å²) in [7, 11) is 0. The van der Waals surface area contributed by atoms with Crippen LogP contribution in [-0.2, 0) is 5.54 Å². The van der Waals surface area contributed by atoms with Crippen LogP contribution in [0, 0.1) is 5.82 Å². The SMILES string of the molecule is CC(CSc1ccc(F)cc1)c1nc(C2(N)CCC2)no1.Cl. The molecule has 120 valence electrons. The Labute approximate surface area is 139 Å². The van der Waals surface area contributed by atoms with Crippen LogP contribution in [0.1, 0.15) is 43.8 Å². The molecule has 1 aliphatic rings. The van der Waals surface area contributed by atoms with Crippen LogP contribution < -0.4 is 5.73 Å². The number of halogens is 2. The quantitative estimate of drug-likeness (QED) is 0.835. The number of nitrogens with zero attached hydrogens (tertiary/aromatic N) is 2. The second-order valence-corrected chi connectivity index (χ2v) is 6.73. The van der Waals surface area contributed by atoms with Crippen LogP contribution in [0.4, 0.5) is 4.39 Å². The number of nitrogens with two attached hydrogens (primary N) is 1. The predicted molar refractivity (Wildman–Crippen MR) is 86.8 cm³/mol. The summed E-state index contributed by atoms with van der Waals surface area (Å²) in [5, 5.41) is 4.03. The van der Waals surface area contributed by atoms with Gasteiger partial charge in [0, 0.05) is 16.6 Å². The molecule has 0 spiro atoms. The maximum atomic E-state index is 12.8. The lowest BCUT2D eigenvalue weighted by molar-refractivity contribution is 0.228. The minimum absolute atomic E-state index is 0. The fourth-order valence-electron chi connectivity index (χ4n) is 2.24. The molecule has 1 atom stereocenters. The Hall–Kier alpha value is -1.11. The highest BCUT2D eigenvalue weighted by Crippen LogP contribution is 2.37. The molecule has 2 N–H and O–H groups in total. The van der Waals surface area contributed by atoms with Crippen molar-refractivity contribution in [2.45, 2.75) is 42.5 Å². The first kappa shape index (κ1) is 17.2. The Morgan fingerprint density at radius 1 is 1.36 bits per heavy atom. The fraction of sp³-hybridized carbons (Fsp3) is 0.467. The Morgan fingerprint density at radius 3 is 2.64 bits per heavy atom. The summed E-state index contributed by atoms with van der Waals surface area (Å²) < 4.78 is 18.2. The van der Waals surface area contributed by atoms with Crippen molar-refractivity contribution in [3.63, 3.8) is 0 Å². The normalized spacial score (nSPS) is 17.4. The zero-order valence-corrected chi connectivity index (χ0v) is 13.9. The van der Waals surface area contributed by atoms with Crippen LogP contribution in [0.2, 0.25) is 0 Å². The van der Waals surface area contributed by atoms with Gasteiger partial charge in [-0.2, -0.15) is 4.98 Å². The molecule has 1 heterocycles. The fourth-order valence-corrected chi connectivity index (χ4v) is 3.16. The summed E-state index contributed by atoms with van der Waals surface area (Å²) >= 11 is 1.64. The van der Waals surface area contributed by atoms with Crippen LogP contribution in [0.5, 0.6) is 0 Å². The molecule has 22 heavy (non-hydrogen) atoms. The third kappa shape index (κ3) is 3.62. The van der Waals surface area contributed by atoms with Crippen LogP contribution in [0.3, 0.4) is 0 Å². The molecule has 0 radical (unpaired) electrons. The minimum Gasteiger partial charge on any atom is -0.339 e. The Balaban J connectivity index is 0.00000176. The van der Waals surface area contributed by atoms with Gasteiger partial charge in [-0.25, -0.2) is 4.39 Å². The van der Waals surface area contributed by atoms with Crippen molar-refractivity contribution in [2.75, 3.05) is 5.75 Å². The van der Waals surface area contributed by atoms with E-state index in [1.807, 2.05) is 6.92 Å². The minimum atomic E-state index is -0.383. The molecule has 2 aromatic rings.